The minimum atomic E-state index is -3.38. The van der Waals surface area contributed by atoms with Crippen molar-refractivity contribution in [3.05, 3.63) is 51.8 Å². The van der Waals surface area contributed by atoms with Crippen molar-refractivity contribution in [1.82, 2.24) is 9.97 Å². The third-order valence-corrected chi connectivity index (χ3v) is 9.56. The summed E-state index contributed by atoms with van der Waals surface area (Å²) in [6.45, 7) is 0.221. The van der Waals surface area contributed by atoms with Gasteiger partial charge in [0.25, 0.3) is 5.92 Å². The Morgan fingerprint density at radius 3 is 2.43 bits per heavy atom. The summed E-state index contributed by atoms with van der Waals surface area (Å²) in [6.07, 6.45) is 1.20. The van der Waals surface area contributed by atoms with E-state index in [9.17, 15) is 22.0 Å². The van der Waals surface area contributed by atoms with Crippen molar-refractivity contribution in [2.45, 2.75) is 48.8 Å². The second-order valence-electron chi connectivity index (χ2n) is 9.90. The third kappa shape index (κ3) is 5.56. The average Bonchev–Trinajstić information content (AvgIpc) is 3.53. The molecular formula is C25H26Cl2F2N4O3S. The van der Waals surface area contributed by atoms with Crippen molar-refractivity contribution in [3.8, 4) is 0 Å². The summed E-state index contributed by atoms with van der Waals surface area (Å²) < 4.78 is 52.6. The van der Waals surface area contributed by atoms with Gasteiger partial charge in [0.2, 0.25) is 5.91 Å². The molecule has 5 rings (SSSR count). The lowest BCUT2D eigenvalue weighted by Crippen LogP contribution is -2.39. The highest BCUT2D eigenvalue weighted by Crippen LogP contribution is 2.42. The van der Waals surface area contributed by atoms with Crippen LogP contribution >= 0.6 is 23.2 Å². The van der Waals surface area contributed by atoms with Crippen LogP contribution in [0, 0.1) is 5.92 Å². The van der Waals surface area contributed by atoms with E-state index in [1.807, 2.05) is 0 Å². The maximum Gasteiger partial charge on any atom is 0.251 e. The summed E-state index contributed by atoms with van der Waals surface area (Å²) in [7, 11) is -3.38. The van der Waals surface area contributed by atoms with Gasteiger partial charge in [-0.1, -0.05) is 35.3 Å². The second kappa shape index (κ2) is 9.71. The summed E-state index contributed by atoms with van der Waals surface area (Å²) in [5.74, 6) is -3.09. The predicted molar refractivity (Wildman–Crippen MR) is 139 cm³/mol. The number of piperidine rings is 1. The smallest absolute Gasteiger partial charge is 0.251 e. The molecule has 198 valence electrons. The Bertz CT molecular complexity index is 1450. The fourth-order valence-electron chi connectivity index (χ4n) is 4.77. The number of imidazole rings is 1. The summed E-state index contributed by atoms with van der Waals surface area (Å²) in [6, 6.07) is 8.01. The number of sulfone groups is 1. The number of nitrogens with zero attached hydrogens (tertiary/aromatic N) is 2. The highest BCUT2D eigenvalue weighted by Gasteiger charge is 2.36. The maximum absolute atomic E-state index is 13.7. The minimum Gasteiger partial charge on any atom is -0.370 e. The van der Waals surface area contributed by atoms with Gasteiger partial charge < -0.3 is 15.6 Å². The van der Waals surface area contributed by atoms with E-state index in [2.05, 4.69) is 9.97 Å². The highest BCUT2D eigenvalue weighted by atomic mass is 35.5. The number of alkyl halides is 2. The zero-order valence-corrected chi connectivity index (χ0v) is 22.1. The molecule has 1 aromatic heterocycles. The van der Waals surface area contributed by atoms with Gasteiger partial charge in [-0.2, -0.15) is 0 Å². The van der Waals surface area contributed by atoms with Crippen molar-refractivity contribution in [1.29, 1.82) is 0 Å². The first-order valence-electron chi connectivity index (χ1n) is 12.0. The quantitative estimate of drug-likeness (QED) is 0.382. The fourth-order valence-corrected chi connectivity index (χ4v) is 7.20. The Kier molecular flexibility index (Phi) is 6.87. The first-order valence-corrected chi connectivity index (χ1v) is 14.5. The van der Waals surface area contributed by atoms with Gasteiger partial charge in [-0.05, 0) is 42.5 Å². The van der Waals surface area contributed by atoms with Gasteiger partial charge in [-0.3, -0.25) is 4.79 Å². The standard InChI is InChI=1S/C25H26Cl2F2N4O3S/c26-18-12-19-22(21(27)23(18)33-9-7-25(28,29)8-10-33)32-24(31-19)17(11-20(30)34)15-3-5-16(6-4-15)37(35,36)13-14-1-2-14/h3-6,12,14,17H,1-2,7-11,13H2,(H2,30,34)(H,31,32)/t17-/m1/s1. The molecule has 2 fully saturated rings. The molecular weight excluding hydrogens is 545 g/mol. The lowest BCUT2D eigenvalue weighted by atomic mass is 9.95. The zero-order chi connectivity index (χ0) is 26.5. The topological polar surface area (TPSA) is 109 Å². The minimum absolute atomic E-state index is 0.0760. The third-order valence-electron chi connectivity index (χ3n) is 7.01. The monoisotopic (exact) mass is 570 g/mol. The molecule has 3 N–H and O–H groups in total. The summed E-state index contributed by atoms with van der Waals surface area (Å²) in [5.41, 5.74) is 7.56. The van der Waals surface area contributed by atoms with Crippen molar-refractivity contribution in [3.63, 3.8) is 0 Å². The Balaban J connectivity index is 1.48. The van der Waals surface area contributed by atoms with Crippen molar-refractivity contribution >= 4 is 55.7 Å². The van der Waals surface area contributed by atoms with Gasteiger partial charge in [0, 0.05) is 32.4 Å². The van der Waals surface area contributed by atoms with E-state index in [1.54, 1.807) is 23.1 Å². The van der Waals surface area contributed by atoms with Gasteiger partial charge in [0.1, 0.15) is 5.82 Å². The molecule has 0 unspecified atom stereocenters. The summed E-state index contributed by atoms with van der Waals surface area (Å²) in [4.78, 5) is 21.7. The number of benzene rings is 2. The van der Waals surface area contributed by atoms with Crippen LogP contribution in [0.4, 0.5) is 14.5 Å². The van der Waals surface area contributed by atoms with Crippen LogP contribution in [0.5, 0.6) is 0 Å². The molecule has 12 heteroatoms. The molecule has 2 aromatic carbocycles. The number of halogens is 4. The zero-order valence-electron chi connectivity index (χ0n) is 19.8. The Morgan fingerprint density at radius 2 is 1.84 bits per heavy atom. The number of H-pyrrole nitrogens is 1. The van der Waals surface area contributed by atoms with Crippen LogP contribution in [0.25, 0.3) is 11.0 Å². The number of hydrogen-bond donors (Lipinski definition) is 2. The van der Waals surface area contributed by atoms with Crippen molar-refractivity contribution in [2.75, 3.05) is 23.7 Å². The molecule has 1 aliphatic heterocycles. The number of anilines is 1. The number of nitrogens with two attached hydrogens (primary N) is 1. The van der Waals surface area contributed by atoms with Crippen LogP contribution < -0.4 is 10.6 Å². The van der Waals surface area contributed by atoms with Gasteiger partial charge >= 0.3 is 0 Å². The van der Waals surface area contributed by atoms with E-state index in [-0.39, 0.29) is 59.0 Å². The molecule has 0 bridgehead atoms. The van der Waals surface area contributed by atoms with E-state index < -0.39 is 27.6 Å². The first kappa shape index (κ1) is 26.2. The lowest BCUT2D eigenvalue weighted by molar-refractivity contribution is -0.118. The molecule has 7 nitrogen and oxygen atoms in total. The van der Waals surface area contributed by atoms with Crippen LogP contribution in [0.2, 0.25) is 10.0 Å². The molecule has 0 spiro atoms. The first-order chi connectivity index (χ1) is 17.4. The molecule has 1 aliphatic carbocycles. The van der Waals surface area contributed by atoms with E-state index in [1.165, 1.54) is 12.1 Å². The van der Waals surface area contributed by atoms with Crippen molar-refractivity contribution in [2.24, 2.45) is 11.7 Å². The number of carbonyl (C=O) groups is 1. The largest absolute Gasteiger partial charge is 0.370 e. The molecule has 1 saturated heterocycles. The molecule has 1 atom stereocenters. The average molecular weight is 571 g/mol. The second-order valence-corrected chi connectivity index (χ2v) is 12.7. The number of nitrogens with one attached hydrogen (secondary N) is 1. The number of hydrogen-bond acceptors (Lipinski definition) is 5. The number of carbonyl (C=O) groups excluding carboxylic acids is 1. The van der Waals surface area contributed by atoms with Crippen LogP contribution in [-0.2, 0) is 14.6 Å². The Morgan fingerprint density at radius 1 is 1.19 bits per heavy atom. The normalized spacial score (nSPS) is 18.8. The molecule has 0 radical (unpaired) electrons. The van der Waals surface area contributed by atoms with Crippen LogP contribution in [0.1, 0.15) is 49.4 Å². The van der Waals surface area contributed by atoms with Gasteiger partial charge in [-0.25, -0.2) is 22.2 Å². The van der Waals surface area contributed by atoms with E-state index in [0.29, 0.717) is 28.1 Å². The van der Waals surface area contributed by atoms with Gasteiger partial charge in [-0.15, -0.1) is 0 Å². The van der Waals surface area contributed by atoms with E-state index in [0.717, 1.165) is 12.8 Å². The van der Waals surface area contributed by atoms with E-state index >= 15 is 0 Å². The number of aromatic amines is 1. The molecule has 37 heavy (non-hydrogen) atoms. The number of fused-ring (bicyclic) bond motifs is 1. The molecule has 2 aliphatic rings. The highest BCUT2D eigenvalue weighted by molar-refractivity contribution is 7.91. The van der Waals surface area contributed by atoms with Gasteiger partial charge in [0.05, 0.1) is 43.3 Å². The molecule has 1 amide bonds. The Hall–Kier alpha value is -2.43. The number of rotatable bonds is 8. The summed E-state index contributed by atoms with van der Waals surface area (Å²) >= 11 is 13.2. The number of amides is 1. The van der Waals surface area contributed by atoms with E-state index in [4.69, 9.17) is 28.9 Å². The molecule has 1 saturated carbocycles. The summed E-state index contributed by atoms with van der Waals surface area (Å²) in [5, 5.41) is 0.545. The van der Waals surface area contributed by atoms with Crippen LogP contribution in [0.3, 0.4) is 0 Å². The van der Waals surface area contributed by atoms with Crippen molar-refractivity contribution < 1.29 is 22.0 Å². The van der Waals surface area contributed by atoms with Crippen LogP contribution in [0.15, 0.2) is 35.2 Å². The predicted octanol–water partition coefficient (Wildman–Crippen LogP) is 5.30. The lowest BCUT2D eigenvalue weighted by Gasteiger charge is -2.34. The molecule has 3 aromatic rings. The number of primary amides is 1. The number of aromatic nitrogens is 2. The molecule has 2 heterocycles. The van der Waals surface area contributed by atoms with Gasteiger partial charge in [0.15, 0.2) is 9.84 Å². The SMILES string of the molecule is NC(=O)C[C@H](c1ccc(S(=O)(=O)CC2CC2)cc1)c1nc2cc(Cl)c(N3CCC(F)(F)CC3)c(Cl)c2[nH]1. The fraction of sp³-hybridized carbons (Fsp3) is 0.440. The maximum atomic E-state index is 13.7. The van der Waals surface area contributed by atoms with Crippen LogP contribution in [-0.4, -0.2) is 49.1 Å². The Labute approximate surface area is 223 Å².